The molecule has 0 aliphatic heterocycles. The van der Waals surface area contributed by atoms with Crippen LogP contribution in [0.25, 0.3) is 21.3 Å². The molecule has 0 radical (unpaired) electrons. The van der Waals surface area contributed by atoms with Crippen molar-refractivity contribution in [2.45, 2.75) is 58.0 Å². The molecule has 0 atom stereocenters. The summed E-state index contributed by atoms with van der Waals surface area (Å²) in [6.45, 7) is 11.2. The molecule has 10 nitrogen and oxygen atoms in total. The van der Waals surface area contributed by atoms with E-state index >= 15 is 0 Å². The van der Waals surface area contributed by atoms with E-state index < -0.39 is 14.4 Å². The molecule has 13 heteroatoms. The van der Waals surface area contributed by atoms with E-state index in [0.29, 0.717) is 42.4 Å². The summed E-state index contributed by atoms with van der Waals surface area (Å²) < 4.78 is 15.1. The molecule has 0 fully saturated rings. The zero-order chi connectivity index (χ0) is 36.0. The number of carbonyl (C=O) groups is 1. The Labute approximate surface area is 308 Å². The largest absolute Gasteiger partial charge is 0.453 e. The van der Waals surface area contributed by atoms with Gasteiger partial charge in [0.15, 0.2) is 11.3 Å². The van der Waals surface area contributed by atoms with Crippen LogP contribution in [0.5, 0.6) is 0 Å². The number of alkyl halides is 1. The van der Waals surface area contributed by atoms with Crippen LogP contribution < -0.4 is 20.6 Å². The summed E-state index contributed by atoms with van der Waals surface area (Å²) in [6.07, 6.45) is 3.16. The molecular weight excluding hydrogens is 698 g/mol. The fourth-order valence-electron chi connectivity index (χ4n) is 6.65. The quantitative estimate of drug-likeness (QED) is 0.0900. The number of anilines is 2. The van der Waals surface area contributed by atoms with Gasteiger partial charge in [0, 0.05) is 24.5 Å². The lowest BCUT2D eigenvalue weighted by atomic mass is 10.1. The molecule has 3 aromatic heterocycles. The first-order valence-electron chi connectivity index (χ1n) is 17.2. The highest BCUT2D eigenvalue weighted by Gasteiger charge is 2.50. The van der Waals surface area contributed by atoms with Gasteiger partial charge in [0.05, 0.1) is 42.2 Å². The first-order valence-corrected chi connectivity index (χ1v) is 20.5. The van der Waals surface area contributed by atoms with Crippen LogP contribution in [0.1, 0.15) is 51.7 Å². The summed E-state index contributed by atoms with van der Waals surface area (Å²) >= 11 is 7.80. The Morgan fingerprint density at radius 1 is 0.961 bits per heavy atom. The van der Waals surface area contributed by atoms with Crippen LogP contribution in [0.15, 0.2) is 84.5 Å². The van der Waals surface area contributed by atoms with Crippen molar-refractivity contribution in [1.29, 1.82) is 0 Å². The first kappa shape index (κ1) is 36.4. The van der Waals surface area contributed by atoms with Crippen molar-refractivity contribution in [3.63, 3.8) is 0 Å². The monoisotopic (exact) mass is 741 g/mol. The molecule has 0 saturated carbocycles. The third-order valence-electron chi connectivity index (χ3n) is 9.09. The van der Waals surface area contributed by atoms with E-state index in [0.717, 1.165) is 40.7 Å². The zero-order valence-corrected chi connectivity index (χ0v) is 32.3. The average Bonchev–Trinajstić information content (AvgIpc) is 3.79. The number of hydrogen-bond donors (Lipinski definition) is 1. The molecule has 1 N–H and O–H groups in total. The topological polar surface area (TPSA) is 107 Å². The maximum absolute atomic E-state index is 12.3. The normalized spacial score (nSPS) is 12.0. The van der Waals surface area contributed by atoms with Gasteiger partial charge in [-0.05, 0) is 27.4 Å². The number of hydrogen-bond acceptors (Lipinski definition) is 9. The Balaban J connectivity index is 1.38. The lowest BCUT2D eigenvalue weighted by Gasteiger charge is -2.43. The van der Waals surface area contributed by atoms with Crippen molar-refractivity contribution in [2.75, 3.05) is 37.0 Å². The number of nitrogens with zero attached hydrogens (tertiary/aromatic N) is 6. The van der Waals surface area contributed by atoms with Crippen molar-refractivity contribution in [3.05, 3.63) is 95.6 Å². The number of ether oxygens (including phenoxy) is 1. The number of carbonyl (C=O) groups excluding carboxylic acids is 1. The Kier molecular flexibility index (Phi) is 11.4. The van der Waals surface area contributed by atoms with Gasteiger partial charge in [0.2, 0.25) is 5.95 Å². The predicted molar refractivity (Wildman–Crippen MR) is 210 cm³/mol. The molecular formula is C38H44ClN7O3SSi. The van der Waals surface area contributed by atoms with Gasteiger partial charge in [-0.25, -0.2) is 14.8 Å². The fraction of sp³-hybridized carbons (Fsp3) is 0.342. The molecule has 0 spiro atoms. The number of methoxy groups -OCH3 is 1. The van der Waals surface area contributed by atoms with Gasteiger partial charge < -0.3 is 14.1 Å². The smallest absolute Gasteiger partial charge is 0.413 e. The number of nitrogens with one attached hydrogen (secondary N) is 1. The average molecular weight is 742 g/mol. The van der Waals surface area contributed by atoms with Crippen LogP contribution >= 0.6 is 22.9 Å². The first-order chi connectivity index (χ1) is 24.7. The molecule has 3 aromatic carbocycles. The highest BCUT2D eigenvalue weighted by Crippen LogP contribution is 2.37. The Morgan fingerprint density at radius 2 is 1.65 bits per heavy atom. The van der Waals surface area contributed by atoms with E-state index in [9.17, 15) is 4.79 Å². The summed E-state index contributed by atoms with van der Waals surface area (Å²) in [5.41, 5.74) is 6.09. The van der Waals surface area contributed by atoms with E-state index in [1.807, 2.05) is 22.5 Å². The Bertz CT molecular complexity index is 2050. The van der Waals surface area contributed by atoms with Crippen LogP contribution in [0.2, 0.25) is 5.04 Å². The minimum Gasteiger partial charge on any atom is -0.453 e. The van der Waals surface area contributed by atoms with Gasteiger partial charge in [0.1, 0.15) is 5.52 Å². The number of amides is 1. The molecule has 3 heterocycles. The van der Waals surface area contributed by atoms with Crippen molar-refractivity contribution in [1.82, 2.24) is 24.7 Å². The maximum atomic E-state index is 12.3. The molecule has 6 rings (SSSR count). The van der Waals surface area contributed by atoms with Crippen molar-refractivity contribution in [3.8, 4) is 0 Å². The van der Waals surface area contributed by atoms with E-state index in [2.05, 4.69) is 115 Å². The fourth-order valence-corrected chi connectivity index (χ4v) is 12.4. The third-order valence-corrected chi connectivity index (χ3v) is 15.3. The number of benzene rings is 3. The molecule has 51 heavy (non-hydrogen) atoms. The Morgan fingerprint density at radius 3 is 2.27 bits per heavy atom. The molecule has 0 saturated heterocycles. The summed E-state index contributed by atoms with van der Waals surface area (Å²) in [5.74, 6) is 1.19. The molecule has 0 aliphatic carbocycles. The van der Waals surface area contributed by atoms with Crippen molar-refractivity contribution < 1.29 is 14.0 Å². The van der Waals surface area contributed by atoms with Gasteiger partial charge in [-0.2, -0.15) is 10.1 Å². The second-order valence-electron chi connectivity index (χ2n) is 13.4. The molecule has 6 aromatic rings. The van der Waals surface area contributed by atoms with Gasteiger partial charge in [0.25, 0.3) is 8.32 Å². The van der Waals surface area contributed by atoms with E-state index in [4.69, 9.17) is 30.8 Å². The van der Waals surface area contributed by atoms with Crippen LogP contribution in [-0.4, -0.2) is 65.9 Å². The van der Waals surface area contributed by atoms with Crippen LogP contribution in [0, 0.1) is 0 Å². The maximum Gasteiger partial charge on any atom is 0.413 e. The van der Waals surface area contributed by atoms with Crippen molar-refractivity contribution >= 4 is 80.7 Å². The van der Waals surface area contributed by atoms with Crippen molar-refractivity contribution in [2.24, 2.45) is 0 Å². The molecule has 0 bridgehead atoms. The molecule has 0 aliphatic rings. The minimum atomic E-state index is -2.77. The number of halogens is 1. The Hall–Kier alpha value is -4.36. The number of thiazole rings is 1. The number of unbranched alkanes of at least 4 members (excludes halogenated alkanes) is 1. The third kappa shape index (κ3) is 7.64. The molecule has 0 unspecified atom stereocenters. The van der Waals surface area contributed by atoms with Crippen LogP contribution in [0.3, 0.4) is 0 Å². The van der Waals surface area contributed by atoms with E-state index in [-0.39, 0.29) is 11.0 Å². The number of aromatic nitrogens is 5. The zero-order valence-electron chi connectivity index (χ0n) is 29.7. The van der Waals surface area contributed by atoms with Gasteiger partial charge >= 0.3 is 6.09 Å². The highest BCUT2D eigenvalue weighted by atomic mass is 35.5. The summed E-state index contributed by atoms with van der Waals surface area (Å²) in [5, 5.41) is 10.00. The second kappa shape index (κ2) is 15.9. The van der Waals surface area contributed by atoms with E-state index in [1.165, 1.54) is 17.5 Å². The lowest BCUT2D eigenvalue weighted by molar-refractivity contribution is 0.186. The number of fused-ring (bicyclic) bond motifs is 2. The second-order valence-corrected chi connectivity index (χ2v) is 18.9. The summed E-state index contributed by atoms with van der Waals surface area (Å²) in [4.78, 5) is 28.7. The van der Waals surface area contributed by atoms with Crippen LogP contribution in [-0.2, 0) is 21.6 Å². The van der Waals surface area contributed by atoms with Crippen LogP contribution in [0.4, 0.5) is 16.6 Å². The van der Waals surface area contributed by atoms with Gasteiger partial charge in [-0.1, -0.05) is 107 Å². The highest BCUT2D eigenvalue weighted by molar-refractivity contribution is 7.17. The van der Waals surface area contributed by atoms with Gasteiger partial charge in [-0.3, -0.25) is 10.00 Å². The van der Waals surface area contributed by atoms with Gasteiger partial charge in [-0.15, -0.1) is 22.9 Å². The summed E-state index contributed by atoms with van der Waals surface area (Å²) in [7, 11) is -1.45. The molecule has 266 valence electrons. The number of rotatable bonds is 14. The predicted octanol–water partition coefficient (Wildman–Crippen LogP) is 7.58. The SMILES string of the molecule is CCCCN(CCO[Si](c1ccccc1)(c1ccccc1)C(C)(C)C)c1nc(NC(=O)OC)nc2cn(Cc3ccc(CCl)c4scnc34)nc12. The van der Waals surface area contributed by atoms with E-state index in [1.54, 1.807) is 11.3 Å². The lowest BCUT2D eigenvalue weighted by Crippen LogP contribution is -2.67. The molecule has 1 amide bonds. The minimum absolute atomic E-state index is 0.145. The standard InChI is InChI=1S/C38H44ClN7O3SSi/c1-6-7-20-45(21-22-49-51(38(2,3)4,29-14-10-8-11-15-29)30-16-12-9-13-17-30)35-33-31(41-36(42-35)43-37(47)48-5)25-46(44-33)24-28-19-18-27(23-39)34-32(28)40-26-50-34/h8-19,25-26H,6-7,20-24H2,1-5H3,(H,41,43,47). The summed E-state index contributed by atoms with van der Waals surface area (Å²) in [6, 6.07) is 25.4.